The second-order valence-electron chi connectivity index (χ2n) is 4.68. The molecule has 1 fully saturated rings. The van der Waals surface area contributed by atoms with Crippen LogP contribution < -0.4 is 5.73 Å². The number of rotatable bonds is 2. The van der Waals surface area contributed by atoms with Gasteiger partial charge in [-0.05, 0) is 36.2 Å². The highest BCUT2D eigenvalue weighted by molar-refractivity contribution is 6.31. The molecule has 2 aromatic rings. The highest BCUT2D eigenvalue weighted by Crippen LogP contribution is 2.39. The van der Waals surface area contributed by atoms with Gasteiger partial charge in [-0.1, -0.05) is 17.7 Å². The molecular weight excluding hydrogens is 283 g/mol. The molecule has 5 heteroatoms. The molecule has 3 nitrogen and oxygen atoms in total. The van der Waals surface area contributed by atoms with E-state index >= 15 is 0 Å². The van der Waals surface area contributed by atoms with Crippen LogP contribution in [0.15, 0.2) is 36.5 Å². The number of phenols is 1. The van der Waals surface area contributed by atoms with E-state index in [2.05, 4.69) is 4.98 Å². The van der Waals surface area contributed by atoms with Crippen LogP contribution in [0.2, 0.25) is 5.02 Å². The summed E-state index contributed by atoms with van der Waals surface area (Å²) < 4.78 is 0. The summed E-state index contributed by atoms with van der Waals surface area (Å²) in [5.41, 5.74) is 8.60. The molecular formula is C14H14Cl2N2O. The van der Waals surface area contributed by atoms with E-state index in [0.29, 0.717) is 10.9 Å². The Morgan fingerprint density at radius 3 is 2.53 bits per heavy atom. The molecule has 19 heavy (non-hydrogen) atoms. The normalized spacial score (nSPS) is 20.7. The second kappa shape index (κ2) is 5.37. The Labute approximate surface area is 122 Å². The lowest BCUT2D eigenvalue weighted by atomic mass is 10.1. The van der Waals surface area contributed by atoms with Crippen LogP contribution in [0, 0.1) is 0 Å². The standard InChI is InChI=1S/C14H13ClN2O.ClH/c15-10-3-9(4-11(18)5-10)14-2-1-8(7-17-14)12-6-13(12)16;/h1-5,7,12-13,18H,6,16H2;1H/t12-,13+;/m0./s1. The van der Waals surface area contributed by atoms with Gasteiger partial charge in [-0.15, -0.1) is 12.4 Å². The van der Waals surface area contributed by atoms with Crippen molar-refractivity contribution in [2.75, 3.05) is 0 Å². The number of hydrogen-bond acceptors (Lipinski definition) is 3. The van der Waals surface area contributed by atoms with E-state index in [9.17, 15) is 5.11 Å². The predicted molar refractivity (Wildman–Crippen MR) is 78.9 cm³/mol. The molecule has 100 valence electrons. The van der Waals surface area contributed by atoms with Gasteiger partial charge in [-0.2, -0.15) is 0 Å². The maximum atomic E-state index is 9.51. The lowest BCUT2D eigenvalue weighted by molar-refractivity contribution is 0.475. The van der Waals surface area contributed by atoms with Gasteiger partial charge in [-0.25, -0.2) is 0 Å². The zero-order valence-corrected chi connectivity index (χ0v) is 11.7. The third-order valence-corrected chi connectivity index (χ3v) is 3.45. The number of phenolic OH excluding ortho intramolecular Hbond substituents is 1. The van der Waals surface area contributed by atoms with Crippen molar-refractivity contribution in [3.05, 3.63) is 47.1 Å². The molecule has 0 radical (unpaired) electrons. The van der Waals surface area contributed by atoms with Gasteiger partial charge in [0.1, 0.15) is 5.75 Å². The van der Waals surface area contributed by atoms with Crippen molar-refractivity contribution in [1.82, 2.24) is 4.98 Å². The molecule has 1 aliphatic rings. The van der Waals surface area contributed by atoms with Crippen LogP contribution in [0.5, 0.6) is 5.75 Å². The number of nitrogens with two attached hydrogens (primary N) is 1. The Morgan fingerprint density at radius 2 is 2.00 bits per heavy atom. The first-order valence-corrected chi connectivity index (χ1v) is 6.23. The minimum Gasteiger partial charge on any atom is -0.508 e. The third-order valence-electron chi connectivity index (χ3n) is 3.23. The van der Waals surface area contributed by atoms with Crippen molar-refractivity contribution in [1.29, 1.82) is 0 Å². The lowest BCUT2D eigenvalue weighted by Crippen LogP contribution is -2.01. The zero-order valence-electron chi connectivity index (χ0n) is 10.1. The maximum absolute atomic E-state index is 9.51. The summed E-state index contributed by atoms with van der Waals surface area (Å²) >= 11 is 5.91. The van der Waals surface area contributed by atoms with Gasteiger partial charge in [0.15, 0.2) is 0 Å². The number of nitrogens with zero attached hydrogens (tertiary/aromatic N) is 1. The molecule has 0 saturated heterocycles. The number of hydrogen-bond donors (Lipinski definition) is 2. The Balaban J connectivity index is 0.00000133. The van der Waals surface area contributed by atoms with Crippen LogP contribution in [0.4, 0.5) is 0 Å². The van der Waals surface area contributed by atoms with Gasteiger partial charge in [0.25, 0.3) is 0 Å². The summed E-state index contributed by atoms with van der Waals surface area (Å²) in [7, 11) is 0. The summed E-state index contributed by atoms with van der Waals surface area (Å²) in [6, 6.07) is 9.20. The number of aromatic nitrogens is 1. The van der Waals surface area contributed by atoms with Crippen LogP contribution in [0.3, 0.4) is 0 Å². The van der Waals surface area contributed by atoms with Gasteiger partial charge < -0.3 is 10.8 Å². The molecule has 0 amide bonds. The highest BCUT2D eigenvalue weighted by Gasteiger charge is 2.34. The summed E-state index contributed by atoms with van der Waals surface area (Å²) in [6.07, 6.45) is 2.89. The van der Waals surface area contributed by atoms with Crippen molar-refractivity contribution in [3.8, 4) is 17.0 Å². The fraction of sp³-hybridized carbons (Fsp3) is 0.214. The monoisotopic (exact) mass is 296 g/mol. The van der Waals surface area contributed by atoms with Crippen LogP contribution in [0.25, 0.3) is 11.3 Å². The first-order valence-electron chi connectivity index (χ1n) is 5.85. The largest absolute Gasteiger partial charge is 0.508 e. The van der Waals surface area contributed by atoms with Crippen molar-refractivity contribution in [2.24, 2.45) is 5.73 Å². The zero-order chi connectivity index (χ0) is 12.7. The lowest BCUT2D eigenvalue weighted by Gasteiger charge is -2.04. The average molecular weight is 297 g/mol. The molecule has 1 heterocycles. The number of aromatic hydroxyl groups is 1. The molecule has 0 spiro atoms. The SMILES string of the molecule is Cl.N[C@@H]1C[C@H]1c1ccc(-c2cc(O)cc(Cl)c2)nc1. The Morgan fingerprint density at radius 1 is 1.26 bits per heavy atom. The highest BCUT2D eigenvalue weighted by atomic mass is 35.5. The van der Waals surface area contributed by atoms with E-state index in [0.717, 1.165) is 17.7 Å². The van der Waals surface area contributed by atoms with Crippen molar-refractivity contribution in [3.63, 3.8) is 0 Å². The molecule has 3 N–H and O–H groups in total. The molecule has 0 bridgehead atoms. The summed E-state index contributed by atoms with van der Waals surface area (Å²) in [6.45, 7) is 0. The maximum Gasteiger partial charge on any atom is 0.117 e. The van der Waals surface area contributed by atoms with Gasteiger partial charge in [0.2, 0.25) is 0 Å². The number of pyridine rings is 1. The minimum absolute atomic E-state index is 0. The fourth-order valence-corrected chi connectivity index (χ4v) is 2.34. The molecule has 3 rings (SSSR count). The van der Waals surface area contributed by atoms with Crippen molar-refractivity contribution < 1.29 is 5.11 Å². The summed E-state index contributed by atoms with van der Waals surface area (Å²) in [5.74, 6) is 0.604. The van der Waals surface area contributed by atoms with Gasteiger partial charge in [0, 0.05) is 28.7 Å². The molecule has 2 atom stereocenters. The number of benzene rings is 1. The van der Waals surface area contributed by atoms with Gasteiger partial charge >= 0.3 is 0 Å². The first-order chi connectivity index (χ1) is 8.63. The van der Waals surface area contributed by atoms with E-state index in [1.54, 1.807) is 12.1 Å². The van der Waals surface area contributed by atoms with Crippen LogP contribution in [-0.2, 0) is 0 Å². The van der Waals surface area contributed by atoms with Gasteiger partial charge in [0.05, 0.1) is 5.69 Å². The molecule has 0 unspecified atom stereocenters. The summed E-state index contributed by atoms with van der Waals surface area (Å²) in [5, 5.41) is 10.0. The smallest absolute Gasteiger partial charge is 0.117 e. The summed E-state index contributed by atoms with van der Waals surface area (Å²) in [4.78, 5) is 4.40. The third kappa shape index (κ3) is 3.00. The van der Waals surface area contributed by atoms with E-state index in [1.807, 2.05) is 18.3 Å². The second-order valence-corrected chi connectivity index (χ2v) is 5.12. The van der Waals surface area contributed by atoms with Crippen molar-refractivity contribution in [2.45, 2.75) is 18.4 Å². The van der Waals surface area contributed by atoms with E-state index in [-0.39, 0.29) is 24.2 Å². The quantitative estimate of drug-likeness (QED) is 0.893. The number of halogens is 2. The predicted octanol–water partition coefficient (Wildman–Crippen LogP) is 3.34. The van der Waals surface area contributed by atoms with E-state index in [4.69, 9.17) is 17.3 Å². The minimum atomic E-state index is 0. The topological polar surface area (TPSA) is 59.1 Å². The van der Waals surface area contributed by atoms with Crippen LogP contribution in [-0.4, -0.2) is 16.1 Å². The molecule has 1 aromatic heterocycles. The van der Waals surface area contributed by atoms with E-state index in [1.165, 1.54) is 11.6 Å². The van der Waals surface area contributed by atoms with Gasteiger partial charge in [-0.3, -0.25) is 4.98 Å². The van der Waals surface area contributed by atoms with Crippen molar-refractivity contribution >= 4 is 24.0 Å². The van der Waals surface area contributed by atoms with E-state index < -0.39 is 0 Å². The fourth-order valence-electron chi connectivity index (χ4n) is 2.12. The first kappa shape index (κ1) is 14.1. The molecule has 1 saturated carbocycles. The Bertz CT molecular complexity index is 566. The molecule has 0 aliphatic heterocycles. The average Bonchev–Trinajstić information content (AvgIpc) is 3.05. The molecule has 1 aliphatic carbocycles. The Hall–Kier alpha value is -1.29. The Kier molecular flexibility index (Phi) is 3.99. The van der Waals surface area contributed by atoms with Crippen LogP contribution >= 0.6 is 24.0 Å². The van der Waals surface area contributed by atoms with Crippen LogP contribution in [0.1, 0.15) is 17.9 Å². The molecule has 1 aromatic carbocycles.